The summed E-state index contributed by atoms with van der Waals surface area (Å²) in [6.45, 7) is 4.05. The van der Waals surface area contributed by atoms with Crippen molar-refractivity contribution in [3.05, 3.63) is 46.9 Å². The largest absolute Gasteiger partial charge is 0.289 e. The Kier molecular flexibility index (Phi) is 4.47. The van der Waals surface area contributed by atoms with E-state index in [2.05, 4.69) is 6.92 Å². The Morgan fingerprint density at radius 2 is 2.00 bits per heavy atom. The van der Waals surface area contributed by atoms with Crippen LogP contribution in [0, 0.1) is 0 Å². The zero-order valence-electron chi connectivity index (χ0n) is 8.49. The van der Waals surface area contributed by atoms with Crippen molar-refractivity contribution in [1.29, 1.82) is 0 Å². The van der Waals surface area contributed by atoms with E-state index in [4.69, 9.17) is 0 Å². The number of carbonyl (C=O) groups excluding carboxylic acids is 1. The molecule has 0 amide bonds. The lowest BCUT2D eigenvalue weighted by atomic mass is 10.1. The first-order chi connectivity index (χ1) is 6.74. The summed E-state index contributed by atoms with van der Waals surface area (Å²) in [6.07, 6.45) is 1.70. The van der Waals surface area contributed by atoms with Gasteiger partial charge in [-0.25, -0.2) is 0 Å². The van der Waals surface area contributed by atoms with Crippen LogP contribution in [-0.4, -0.2) is 11.5 Å². The normalized spacial score (nSPS) is 11.4. The number of allylic oxidation sites excluding steroid dienone is 2. The molecule has 1 nitrogen and oxygen atoms in total. The molecule has 1 aromatic rings. The lowest BCUT2D eigenvalue weighted by Gasteiger charge is -1.98. The Balaban J connectivity index is 2.72. The molecule has 0 unspecified atom stereocenters. The summed E-state index contributed by atoms with van der Waals surface area (Å²) in [5, 5.41) is 0. The van der Waals surface area contributed by atoms with Gasteiger partial charge in [0.1, 0.15) is 0 Å². The summed E-state index contributed by atoms with van der Waals surface area (Å²) in [4.78, 5) is 12.7. The summed E-state index contributed by atoms with van der Waals surface area (Å²) >= 11 is 1.69. The highest BCUT2D eigenvalue weighted by Crippen LogP contribution is 2.14. The average molecular weight is 206 g/mol. The second-order valence-electron chi connectivity index (χ2n) is 2.92. The van der Waals surface area contributed by atoms with Crippen molar-refractivity contribution in [3.8, 4) is 0 Å². The molecular formula is C12H14OS. The third kappa shape index (κ3) is 3.38. The molecule has 0 aliphatic heterocycles. The number of hydrogen-bond donors (Lipinski definition) is 0. The molecule has 0 fully saturated rings. The van der Waals surface area contributed by atoms with E-state index >= 15 is 0 Å². The molecule has 0 atom stereocenters. The van der Waals surface area contributed by atoms with Crippen molar-refractivity contribution in [1.82, 2.24) is 0 Å². The molecule has 0 aliphatic rings. The Bertz CT molecular complexity index is 327. The molecule has 14 heavy (non-hydrogen) atoms. The minimum absolute atomic E-state index is 0.0871. The topological polar surface area (TPSA) is 17.1 Å². The molecule has 0 aromatic heterocycles. The Hall–Kier alpha value is -1.02. The van der Waals surface area contributed by atoms with Crippen molar-refractivity contribution in [2.24, 2.45) is 0 Å². The van der Waals surface area contributed by atoms with Gasteiger partial charge in [0.2, 0.25) is 0 Å². The first-order valence-electron chi connectivity index (χ1n) is 4.64. The fourth-order valence-corrected chi connectivity index (χ4v) is 1.79. The second-order valence-corrected chi connectivity index (χ2v) is 4.43. The van der Waals surface area contributed by atoms with Gasteiger partial charge in [-0.2, -0.15) is 0 Å². The van der Waals surface area contributed by atoms with Gasteiger partial charge in [-0.05, 0) is 23.7 Å². The SMILES string of the molecule is CCS/C(C)=C/C(=O)c1ccccc1. The van der Waals surface area contributed by atoms with Crippen molar-refractivity contribution < 1.29 is 4.79 Å². The monoisotopic (exact) mass is 206 g/mol. The first-order valence-corrected chi connectivity index (χ1v) is 5.63. The summed E-state index contributed by atoms with van der Waals surface area (Å²) in [6, 6.07) is 9.34. The molecule has 0 bridgehead atoms. The predicted molar refractivity (Wildman–Crippen MR) is 62.7 cm³/mol. The number of ketones is 1. The summed E-state index contributed by atoms with van der Waals surface area (Å²) < 4.78 is 0. The first kappa shape index (κ1) is 11.1. The summed E-state index contributed by atoms with van der Waals surface area (Å²) in [7, 11) is 0. The zero-order valence-corrected chi connectivity index (χ0v) is 9.30. The van der Waals surface area contributed by atoms with Gasteiger partial charge in [-0.15, -0.1) is 11.8 Å². The van der Waals surface area contributed by atoms with Gasteiger partial charge in [0.05, 0.1) is 0 Å². The highest BCUT2D eigenvalue weighted by molar-refractivity contribution is 8.03. The standard InChI is InChI=1S/C12H14OS/c1-3-14-10(2)9-12(13)11-7-5-4-6-8-11/h4-9H,3H2,1-2H3/b10-9+. The molecule has 0 radical (unpaired) electrons. The van der Waals surface area contributed by atoms with Crippen LogP contribution in [0.5, 0.6) is 0 Å². The van der Waals surface area contributed by atoms with Crippen LogP contribution >= 0.6 is 11.8 Å². The van der Waals surface area contributed by atoms with Crippen LogP contribution in [0.3, 0.4) is 0 Å². The van der Waals surface area contributed by atoms with Crippen molar-refractivity contribution in [2.75, 3.05) is 5.75 Å². The van der Waals surface area contributed by atoms with E-state index in [1.54, 1.807) is 17.8 Å². The molecule has 0 saturated heterocycles. The molecular weight excluding hydrogens is 192 g/mol. The van der Waals surface area contributed by atoms with Gasteiger partial charge < -0.3 is 0 Å². The molecule has 0 heterocycles. The maximum absolute atomic E-state index is 11.6. The molecule has 0 N–H and O–H groups in total. The van der Waals surface area contributed by atoms with E-state index < -0.39 is 0 Å². The lowest BCUT2D eigenvalue weighted by Crippen LogP contribution is -1.94. The average Bonchev–Trinajstić information content (AvgIpc) is 2.19. The van der Waals surface area contributed by atoms with E-state index in [-0.39, 0.29) is 5.78 Å². The molecule has 1 rings (SSSR count). The quantitative estimate of drug-likeness (QED) is 0.554. The van der Waals surface area contributed by atoms with E-state index in [0.29, 0.717) is 0 Å². The maximum atomic E-state index is 11.6. The van der Waals surface area contributed by atoms with Gasteiger partial charge in [-0.1, -0.05) is 37.3 Å². The molecule has 0 aliphatic carbocycles. The van der Waals surface area contributed by atoms with E-state index in [1.807, 2.05) is 37.3 Å². The van der Waals surface area contributed by atoms with E-state index in [0.717, 1.165) is 16.2 Å². The molecule has 74 valence electrons. The number of rotatable bonds is 4. The highest BCUT2D eigenvalue weighted by atomic mass is 32.2. The molecule has 2 heteroatoms. The van der Waals surface area contributed by atoms with Crippen LogP contribution in [0.2, 0.25) is 0 Å². The van der Waals surface area contributed by atoms with Crippen molar-refractivity contribution >= 4 is 17.5 Å². The van der Waals surface area contributed by atoms with Crippen LogP contribution < -0.4 is 0 Å². The Morgan fingerprint density at radius 3 is 2.57 bits per heavy atom. The fourth-order valence-electron chi connectivity index (χ4n) is 1.14. The van der Waals surface area contributed by atoms with Crippen LogP contribution in [0.15, 0.2) is 41.3 Å². The number of carbonyl (C=O) groups is 1. The van der Waals surface area contributed by atoms with Crippen LogP contribution in [0.25, 0.3) is 0 Å². The number of benzene rings is 1. The van der Waals surface area contributed by atoms with Gasteiger partial charge in [0.15, 0.2) is 5.78 Å². The minimum Gasteiger partial charge on any atom is -0.289 e. The molecule has 0 saturated carbocycles. The zero-order chi connectivity index (χ0) is 10.4. The molecule has 0 spiro atoms. The van der Waals surface area contributed by atoms with Gasteiger partial charge in [0.25, 0.3) is 0 Å². The van der Waals surface area contributed by atoms with E-state index in [1.165, 1.54) is 0 Å². The van der Waals surface area contributed by atoms with Gasteiger partial charge in [-0.3, -0.25) is 4.79 Å². The number of hydrogen-bond acceptors (Lipinski definition) is 2. The number of thioether (sulfide) groups is 1. The minimum atomic E-state index is 0.0871. The second kappa shape index (κ2) is 5.66. The van der Waals surface area contributed by atoms with Crippen molar-refractivity contribution in [2.45, 2.75) is 13.8 Å². The van der Waals surface area contributed by atoms with Crippen LogP contribution in [0.4, 0.5) is 0 Å². The van der Waals surface area contributed by atoms with Crippen molar-refractivity contribution in [3.63, 3.8) is 0 Å². The Morgan fingerprint density at radius 1 is 1.36 bits per heavy atom. The fraction of sp³-hybridized carbons (Fsp3) is 0.250. The summed E-state index contributed by atoms with van der Waals surface area (Å²) in [5.41, 5.74) is 0.753. The van der Waals surface area contributed by atoms with Gasteiger partial charge >= 0.3 is 0 Å². The Labute approximate surface area is 89.2 Å². The van der Waals surface area contributed by atoms with Crippen LogP contribution in [0.1, 0.15) is 24.2 Å². The lowest BCUT2D eigenvalue weighted by molar-refractivity contribution is 0.104. The smallest absolute Gasteiger partial charge is 0.186 e. The third-order valence-corrected chi connectivity index (χ3v) is 2.63. The maximum Gasteiger partial charge on any atom is 0.186 e. The van der Waals surface area contributed by atoms with E-state index in [9.17, 15) is 4.79 Å². The van der Waals surface area contributed by atoms with Gasteiger partial charge in [0, 0.05) is 5.56 Å². The molecule has 1 aromatic carbocycles. The van der Waals surface area contributed by atoms with Crippen LogP contribution in [-0.2, 0) is 0 Å². The predicted octanol–water partition coefficient (Wildman–Crippen LogP) is 3.53. The highest BCUT2D eigenvalue weighted by Gasteiger charge is 2.01. The summed E-state index contributed by atoms with van der Waals surface area (Å²) in [5.74, 6) is 1.09. The third-order valence-electron chi connectivity index (χ3n) is 1.76.